The molecule has 2 N–H and O–H groups in total. The molecule has 1 aromatic heterocycles. The van der Waals surface area contributed by atoms with Crippen LogP contribution in [0.2, 0.25) is 0 Å². The van der Waals surface area contributed by atoms with E-state index in [1.165, 1.54) is 17.7 Å². The standard InChI is InChI=1S/C14H22N2OS/c17-14(7-1-5-13-6-3-11-18-13)16-10-8-12-4-2-9-15-12/h3,6,11-12,15H,1-2,4-5,7-10H2,(H,16,17)/t12-/m0/s1. The second kappa shape index (κ2) is 7.54. The fourth-order valence-corrected chi connectivity index (χ4v) is 3.11. The molecular formula is C14H22N2OS. The van der Waals surface area contributed by atoms with Crippen LogP contribution in [0.1, 0.15) is 37.0 Å². The molecule has 0 unspecified atom stereocenters. The Hall–Kier alpha value is -0.870. The average molecular weight is 266 g/mol. The predicted octanol–water partition coefficient (Wildman–Crippen LogP) is 2.33. The van der Waals surface area contributed by atoms with E-state index in [9.17, 15) is 4.79 Å². The third kappa shape index (κ3) is 4.78. The van der Waals surface area contributed by atoms with E-state index in [0.717, 1.165) is 32.4 Å². The highest BCUT2D eigenvalue weighted by Gasteiger charge is 2.13. The highest BCUT2D eigenvalue weighted by Crippen LogP contribution is 2.12. The average Bonchev–Trinajstić information content (AvgIpc) is 3.01. The van der Waals surface area contributed by atoms with E-state index in [2.05, 4.69) is 28.1 Å². The molecule has 1 aliphatic rings. The zero-order valence-electron chi connectivity index (χ0n) is 10.8. The van der Waals surface area contributed by atoms with Crippen LogP contribution in [0.5, 0.6) is 0 Å². The summed E-state index contributed by atoms with van der Waals surface area (Å²) < 4.78 is 0. The van der Waals surface area contributed by atoms with Gasteiger partial charge in [0.25, 0.3) is 0 Å². The molecule has 3 nitrogen and oxygen atoms in total. The van der Waals surface area contributed by atoms with E-state index < -0.39 is 0 Å². The molecule has 100 valence electrons. The van der Waals surface area contributed by atoms with Gasteiger partial charge in [0.15, 0.2) is 0 Å². The van der Waals surface area contributed by atoms with Gasteiger partial charge >= 0.3 is 0 Å². The van der Waals surface area contributed by atoms with Gasteiger partial charge in [-0.15, -0.1) is 11.3 Å². The molecule has 2 heterocycles. The lowest BCUT2D eigenvalue weighted by Gasteiger charge is -2.10. The van der Waals surface area contributed by atoms with Gasteiger partial charge in [0.1, 0.15) is 0 Å². The Morgan fingerprint density at radius 1 is 1.56 bits per heavy atom. The molecule has 2 rings (SSSR count). The van der Waals surface area contributed by atoms with E-state index in [0.29, 0.717) is 12.5 Å². The molecule has 0 radical (unpaired) electrons. The number of hydrogen-bond acceptors (Lipinski definition) is 3. The van der Waals surface area contributed by atoms with Crippen LogP contribution >= 0.6 is 11.3 Å². The molecule has 1 aliphatic heterocycles. The molecule has 0 aromatic carbocycles. The molecule has 1 fully saturated rings. The van der Waals surface area contributed by atoms with Gasteiger partial charge in [0.05, 0.1) is 0 Å². The van der Waals surface area contributed by atoms with Crippen LogP contribution in [0.4, 0.5) is 0 Å². The molecule has 1 amide bonds. The van der Waals surface area contributed by atoms with Crippen LogP contribution in [-0.4, -0.2) is 25.0 Å². The van der Waals surface area contributed by atoms with Gasteiger partial charge in [-0.2, -0.15) is 0 Å². The van der Waals surface area contributed by atoms with Crippen molar-refractivity contribution in [3.8, 4) is 0 Å². The number of carbonyl (C=O) groups is 1. The van der Waals surface area contributed by atoms with Crippen molar-refractivity contribution >= 4 is 17.2 Å². The van der Waals surface area contributed by atoms with Crippen molar-refractivity contribution in [2.75, 3.05) is 13.1 Å². The van der Waals surface area contributed by atoms with Crippen molar-refractivity contribution < 1.29 is 4.79 Å². The Kier molecular flexibility index (Phi) is 5.68. The Morgan fingerprint density at radius 3 is 3.22 bits per heavy atom. The number of hydrogen-bond donors (Lipinski definition) is 2. The maximum absolute atomic E-state index is 11.6. The SMILES string of the molecule is O=C(CCCc1cccs1)NCC[C@@H]1CCCN1. The topological polar surface area (TPSA) is 41.1 Å². The first kappa shape index (κ1) is 13.6. The summed E-state index contributed by atoms with van der Waals surface area (Å²) in [7, 11) is 0. The molecule has 0 saturated carbocycles. The second-order valence-corrected chi connectivity index (χ2v) is 5.90. The molecule has 4 heteroatoms. The minimum Gasteiger partial charge on any atom is -0.356 e. The second-order valence-electron chi connectivity index (χ2n) is 4.86. The first-order chi connectivity index (χ1) is 8.84. The first-order valence-corrected chi connectivity index (χ1v) is 7.75. The van der Waals surface area contributed by atoms with Crippen molar-refractivity contribution in [2.45, 2.75) is 44.6 Å². The van der Waals surface area contributed by atoms with Crippen molar-refractivity contribution in [1.82, 2.24) is 10.6 Å². The van der Waals surface area contributed by atoms with Gasteiger partial charge in [0, 0.05) is 23.9 Å². The van der Waals surface area contributed by atoms with E-state index in [4.69, 9.17) is 0 Å². The molecule has 0 aliphatic carbocycles. The summed E-state index contributed by atoms with van der Waals surface area (Å²) in [4.78, 5) is 13.0. The molecule has 1 aromatic rings. The monoisotopic (exact) mass is 266 g/mol. The summed E-state index contributed by atoms with van der Waals surface area (Å²) in [6.07, 6.45) is 6.23. The van der Waals surface area contributed by atoms with E-state index in [-0.39, 0.29) is 5.91 Å². The number of carbonyl (C=O) groups excluding carboxylic acids is 1. The summed E-state index contributed by atoms with van der Waals surface area (Å²) in [5, 5.41) is 8.54. The number of rotatable bonds is 7. The summed E-state index contributed by atoms with van der Waals surface area (Å²) in [5.41, 5.74) is 0. The van der Waals surface area contributed by atoms with Crippen molar-refractivity contribution in [3.05, 3.63) is 22.4 Å². The summed E-state index contributed by atoms with van der Waals surface area (Å²) >= 11 is 1.77. The van der Waals surface area contributed by atoms with Gasteiger partial charge < -0.3 is 10.6 Å². The van der Waals surface area contributed by atoms with Crippen LogP contribution in [0.25, 0.3) is 0 Å². The van der Waals surface area contributed by atoms with E-state index in [1.54, 1.807) is 11.3 Å². The van der Waals surface area contributed by atoms with Crippen LogP contribution < -0.4 is 10.6 Å². The number of thiophene rings is 1. The van der Waals surface area contributed by atoms with Crippen LogP contribution in [-0.2, 0) is 11.2 Å². The van der Waals surface area contributed by atoms with Crippen molar-refractivity contribution in [1.29, 1.82) is 0 Å². The first-order valence-electron chi connectivity index (χ1n) is 6.87. The predicted molar refractivity (Wildman–Crippen MR) is 75.9 cm³/mol. The summed E-state index contributed by atoms with van der Waals surface area (Å²) in [6.45, 7) is 1.95. The summed E-state index contributed by atoms with van der Waals surface area (Å²) in [6, 6.07) is 4.82. The lowest BCUT2D eigenvalue weighted by Crippen LogP contribution is -2.30. The van der Waals surface area contributed by atoms with E-state index >= 15 is 0 Å². The highest BCUT2D eigenvalue weighted by molar-refractivity contribution is 7.09. The highest BCUT2D eigenvalue weighted by atomic mass is 32.1. The minimum absolute atomic E-state index is 0.199. The Morgan fingerprint density at radius 2 is 2.50 bits per heavy atom. The Balaban J connectivity index is 1.49. The van der Waals surface area contributed by atoms with Crippen LogP contribution in [0.3, 0.4) is 0 Å². The van der Waals surface area contributed by atoms with Crippen molar-refractivity contribution in [2.24, 2.45) is 0 Å². The zero-order chi connectivity index (χ0) is 12.6. The number of nitrogens with one attached hydrogen (secondary N) is 2. The lowest BCUT2D eigenvalue weighted by molar-refractivity contribution is -0.121. The zero-order valence-corrected chi connectivity index (χ0v) is 11.6. The van der Waals surface area contributed by atoms with Gasteiger partial charge in [0.2, 0.25) is 5.91 Å². The van der Waals surface area contributed by atoms with Gasteiger partial charge in [-0.1, -0.05) is 6.07 Å². The van der Waals surface area contributed by atoms with Crippen molar-refractivity contribution in [3.63, 3.8) is 0 Å². The Bertz CT molecular complexity index is 345. The molecule has 1 saturated heterocycles. The fraction of sp³-hybridized carbons (Fsp3) is 0.643. The molecule has 1 atom stereocenters. The smallest absolute Gasteiger partial charge is 0.220 e. The fourth-order valence-electron chi connectivity index (χ4n) is 2.36. The lowest BCUT2D eigenvalue weighted by atomic mass is 10.1. The molecule has 0 bridgehead atoms. The molecule has 0 spiro atoms. The van der Waals surface area contributed by atoms with Gasteiger partial charge in [-0.05, 0) is 50.1 Å². The number of aryl methyl sites for hydroxylation is 1. The third-order valence-electron chi connectivity index (χ3n) is 3.38. The molecular weight excluding hydrogens is 244 g/mol. The maximum atomic E-state index is 11.6. The van der Waals surface area contributed by atoms with Gasteiger partial charge in [-0.3, -0.25) is 4.79 Å². The third-order valence-corrected chi connectivity index (χ3v) is 4.32. The van der Waals surface area contributed by atoms with Crippen LogP contribution in [0.15, 0.2) is 17.5 Å². The molecule has 18 heavy (non-hydrogen) atoms. The van der Waals surface area contributed by atoms with E-state index in [1.807, 2.05) is 0 Å². The van der Waals surface area contributed by atoms with Gasteiger partial charge in [-0.25, -0.2) is 0 Å². The minimum atomic E-state index is 0.199. The van der Waals surface area contributed by atoms with Crippen LogP contribution in [0, 0.1) is 0 Å². The maximum Gasteiger partial charge on any atom is 0.220 e. The quantitative estimate of drug-likeness (QED) is 0.795. The largest absolute Gasteiger partial charge is 0.356 e. The summed E-state index contributed by atoms with van der Waals surface area (Å²) in [5.74, 6) is 0.199. The Labute approximate surface area is 113 Å². The number of amides is 1. The normalized spacial score (nSPS) is 19.0.